The van der Waals surface area contributed by atoms with E-state index in [1.165, 1.54) is 72.5 Å². The fraction of sp³-hybridized carbons (Fsp3) is 0.356. The molecule has 6 aromatic carbocycles. The summed E-state index contributed by atoms with van der Waals surface area (Å²) < 4.78 is 7.28. The number of anilines is 5. The van der Waals surface area contributed by atoms with Crippen molar-refractivity contribution in [3.8, 4) is 11.1 Å². The number of fused-ring (bicyclic) bond motifs is 8. The molecular formula is C59H65BN2O. The molecule has 7 aromatic rings. The Kier molecular flexibility index (Phi) is 9.24. The lowest BCUT2D eigenvalue weighted by Crippen LogP contribution is -2.62. The van der Waals surface area contributed by atoms with E-state index in [2.05, 4.69) is 221 Å². The molecule has 4 heteroatoms. The van der Waals surface area contributed by atoms with Crippen molar-refractivity contribution in [1.82, 2.24) is 0 Å². The van der Waals surface area contributed by atoms with Crippen LogP contribution in [0.3, 0.4) is 0 Å². The number of hydrogen-bond acceptors (Lipinski definition) is 3. The summed E-state index contributed by atoms with van der Waals surface area (Å²) in [7, 11) is 0. The minimum atomic E-state index is -0.117. The Bertz CT molecular complexity index is 2930. The Balaban J connectivity index is 1.33. The first-order chi connectivity index (χ1) is 29.6. The molecule has 0 atom stereocenters. The van der Waals surface area contributed by atoms with Crippen LogP contribution in [0.5, 0.6) is 0 Å². The maximum absolute atomic E-state index is 7.28. The summed E-state index contributed by atoms with van der Waals surface area (Å²) >= 11 is 0. The smallest absolute Gasteiger partial charge is 0.297 e. The number of para-hydroxylation sites is 1. The van der Waals surface area contributed by atoms with Crippen LogP contribution in [0.25, 0.3) is 22.1 Å². The van der Waals surface area contributed by atoms with E-state index in [-0.39, 0.29) is 33.8 Å². The number of benzene rings is 6. The highest BCUT2D eigenvalue weighted by atomic mass is 16.3. The summed E-state index contributed by atoms with van der Waals surface area (Å²) in [5.74, 6) is 0. The molecule has 0 spiro atoms. The topological polar surface area (TPSA) is 19.6 Å². The molecule has 1 aliphatic carbocycles. The first-order valence-electron chi connectivity index (χ1n) is 23.4. The molecule has 3 nitrogen and oxygen atoms in total. The first-order valence-corrected chi connectivity index (χ1v) is 23.4. The molecule has 1 aromatic heterocycles. The van der Waals surface area contributed by atoms with E-state index in [0.29, 0.717) is 0 Å². The molecule has 63 heavy (non-hydrogen) atoms. The largest absolute Gasteiger partial charge is 0.468 e. The molecule has 3 heterocycles. The van der Waals surface area contributed by atoms with Crippen LogP contribution in [0.2, 0.25) is 0 Å². The van der Waals surface area contributed by atoms with Gasteiger partial charge in [0.05, 0.1) is 11.3 Å². The molecule has 320 valence electrons. The third kappa shape index (κ3) is 6.69. The standard InChI is InChI=1S/C59H65BN2O/c1-55(2,3)39-25-27-42(28-26-39)62-48-35-41(57(7,8)9)34-47-51(48)60(54-52(62)43-21-17-18-22-49(43)63-54)46-30-29-45-50(59(12,13)32-31-58(45,10)11)53(46)61(47)36-38-23-24-40(56(4,5)6)33-44(38)37-19-15-14-16-20-37/h14-30,33-35H,31-32,36H2,1-13H3. The molecule has 0 saturated carbocycles. The molecule has 3 aliphatic rings. The van der Waals surface area contributed by atoms with Gasteiger partial charge in [-0.3, -0.25) is 0 Å². The SMILES string of the molecule is CC(C)(C)c1ccc(N2c3cc(C(C)(C)C)cc4c3B(c3ccc5c(c3N4Cc3ccc(C(C)(C)C)cc3-c3ccccc3)C(C)(C)CCC5(C)C)c3oc4ccccc4c32)cc1. The van der Waals surface area contributed by atoms with Crippen molar-refractivity contribution in [2.45, 2.75) is 136 Å². The number of hydrogen-bond donors (Lipinski definition) is 0. The van der Waals surface area contributed by atoms with Crippen molar-refractivity contribution in [1.29, 1.82) is 0 Å². The van der Waals surface area contributed by atoms with Crippen molar-refractivity contribution in [3.05, 3.63) is 155 Å². The van der Waals surface area contributed by atoms with E-state index >= 15 is 0 Å². The van der Waals surface area contributed by atoms with Crippen LogP contribution in [0, 0.1) is 0 Å². The second-order valence-corrected chi connectivity index (χ2v) is 23.3. The average Bonchev–Trinajstić information content (AvgIpc) is 3.61. The quantitative estimate of drug-likeness (QED) is 0.165. The van der Waals surface area contributed by atoms with Crippen LogP contribution in [0.1, 0.15) is 136 Å². The van der Waals surface area contributed by atoms with Gasteiger partial charge in [-0.15, -0.1) is 0 Å². The van der Waals surface area contributed by atoms with Gasteiger partial charge in [0.1, 0.15) is 5.58 Å². The maximum Gasteiger partial charge on any atom is 0.297 e. The van der Waals surface area contributed by atoms with E-state index in [0.717, 1.165) is 47.4 Å². The minimum absolute atomic E-state index is 0.0145. The predicted molar refractivity (Wildman–Crippen MR) is 271 cm³/mol. The fourth-order valence-corrected chi connectivity index (χ4v) is 11.0. The van der Waals surface area contributed by atoms with E-state index in [9.17, 15) is 0 Å². The molecular weight excluding hydrogens is 763 g/mol. The summed E-state index contributed by atoms with van der Waals surface area (Å²) in [6.45, 7) is 31.5. The molecule has 0 unspecified atom stereocenters. The second-order valence-electron chi connectivity index (χ2n) is 23.3. The van der Waals surface area contributed by atoms with Gasteiger partial charge in [-0.2, -0.15) is 0 Å². The Hall–Kier alpha value is -5.48. The first kappa shape index (κ1) is 41.5. The third-order valence-electron chi connectivity index (χ3n) is 14.9. The monoisotopic (exact) mass is 829 g/mol. The summed E-state index contributed by atoms with van der Waals surface area (Å²) in [5.41, 5.74) is 21.6. The van der Waals surface area contributed by atoms with Gasteiger partial charge in [0.25, 0.3) is 6.71 Å². The van der Waals surface area contributed by atoms with Crippen LogP contribution >= 0.6 is 0 Å². The highest BCUT2D eigenvalue weighted by molar-refractivity contribution is 7.00. The molecule has 0 bridgehead atoms. The van der Waals surface area contributed by atoms with Crippen LogP contribution in [0.4, 0.5) is 28.4 Å². The van der Waals surface area contributed by atoms with Crippen LogP contribution in [0.15, 0.2) is 126 Å². The van der Waals surface area contributed by atoms with Crippen LogP contribution < -0.4 is 26.4 Å². The van der Waals surface area contributed by atoms with Crippen molar-refractivity contribution in [2.75, 3.05) is 9.80 Å². The van der Waals surface area contributed by atoms with Crippen molar-refractivity contribution in [2.24, 2.45) is 0 Å². The van der Waals surface area contributed by atoms with Crippen LogP contribution in [-0.4, -0.2) is 6.71 Å². The van der Waals surface area contributed by atoms with E-state index in [1.807, 2.05) is 0 Å². The zero-order valence-electron chi connectivity index (χ0n) is 40.0. The normalized spacial score (nSPS) is 16.4. The summed E-state index contributed by atoms with van der Waals surface area (Å²) in [4.78, 5) is 5.30. The van der Waals surface area contributed by atoms with Gasteiger partial charge in [0.15, 0.2) is 0 Å². The molecule has 0 saturated heterocycles. The maximum atomic E-state index is 7.28. The zero-order valence-corrected chi connectivity index (χ0v) is 40.0. The molecule has 2 aliphatic heterocycles. The van der Waals surface area contributed by atoms with Crippen molar-refractivity contribution >= 4 is 62.7 Å². The summed E-state index contributed by atoms with van der Waals surface area (Å²) in [6, 6.07) is 46.4. The van der Waals surface area contributed by atoms with Gasteiger partial charge >= 0.3 is 0 Å². The van der Waals surface area contributed by atoms with Gasteiger partial charge in [0, 0.05) is 34.7 Å². The highest BCUT2D eigenvalue weighted by Crippen LogP contribution is 2.53. The molecule has 10 rings (SSSR count). The Labute approximate surface area is 377 Å². The summed E-state index contributed by atoms with van der Waals surface area (Å²) in [5, 5.41) is 1.15. The zero-order chi connectivity index (χ0) is 44.6. The number of nitrogens with zero attached hydrogens (tertiary/aromatic N) is 2. The Morgan fingerprint density at radius 1 is 0.587 bits per heavy atom. The highest BCUT2D eigenvalue weighted by Gasteiger charge is 2.50. The lowest BCUT2D eigenvalue weighted by Gasteiger charge is -2.49. The van der Waals surface area contributed by atoms with E-state index in [4.69, 9.17) is 4.42 Å². The fourth-order valence-electron chi connectivity index (χ4n) is 11.0. The van der Waals surface area contributed by atoms with Gasteiger partial charge in [-0.25, -0.2) is 0 Å². The molecule has 0 N–H and O–H groups in total. The van der Waals surface area contributed by atoms with E-state index in [1.54, 1.807) is 0 Å². The van der Waals surface area contributed by atoms with Gasteiger partial charge in [0.2, 0.25) is 0 Å². The van der Waals surface area contributed by atoms with Crippen molar-refractivity contribution < 1.29 is 4.42 Å². The average molecular weight is 829 g/mol. The summed E-state index contributed by atoms with van der Waals surface area (Å²) in [6.07, 6.45) is 2.29. The second kappa shape index (κ2) is 14.0. The van der Waals surface area contributed by atoms with Gasteiger partial charge in [-0.05, 0) is 132 Å². The Morgan fingerprint density at radius 2 is 1.21 bits per heavy atom. The van der Waals surface area contributed by atoms with Gasteiger partial charge < -0.3 is 14.2 Å². The minimum Gasteiger partial charge on any atom is -0.468 e. The molecule has 0 radical (unpaired) electrons. The number of rotatable bonds is 4. The van der Waals surface area contributed by atoms with Gasteiger partial charge in [-0.1, -0.05) is 175 Å². The lowest BCUT2D eigenvalue weighted by molar-refractivity contribution is 0.332. The Morgan fingerprint density at radius 3 is 1.89 bits per heavy atom. The lowest BCUT2D eigenvalue weighted by atomic mass is 9.35. The molecule has 0 fully saturated rings. The van der Waals surface area contributed by atoms with Crippen molar-refractivity contribution in [3.63, 3.8) is 0 Å². The number of furan rings is 1. The molecule has 0 amide bonds. The predicted octanol–water partition coefficient (Wildman–Crippen LogP) is 14.3. The van der Waals surface area contributed by atoms with E-state index < -0.39 is 0 Å². The van der Waals surface area contributed by atoms with Crippen LogP contribution in [-0.2, 0) is 33.6 Å². The third-order valence-corrected chi connectivity index (χ3v) is 14.9.